The minimum absolute atomic E-state index is 0.0661. The predicted octanol–water partition coefficient (Wildman–Crippen LogP) is 1.96. The Morgan fingerprint density at radius 3 is 2.75 bits per heavy atom. The molecule has 0 spiro atoms. The summed E-state index contributed by atoms with van der Waals surface area (Å²) >= 11 is 0. The zero-order chi connectivity index (χ0) is 14.4. The van der Waals surface area contributed by atoms with Gasteiger partial charge in [-0.1, -0.05) is 30.3 Å². The van der Waals surface area contributed by atoms with Crippen LogP contribution in [0, 0.1) is 5.92 Å². The maximum Gasteiger partial charge on any atom is 0.224 e. The summed E-state index contributed by atoms with van der Waals surface area (Å²) in [5.41, 5.74) is 7.06. The maximum absolute atomic E-state index is 12.1. The molecular formula is C16H24N2O2. The minimum atomic E-state index is -0.237. The molecule has 4 heteroatoms. The van der Waals surface area contributed by atoms with E-state index >= 15 is 0 Å². The van der Waals surface area contributed by atoms with Crippen molar-refractivity contribution in [3.05, 3.63) is 35.9 Å². The monoisotopic (exact) mass is 276 g/mol. The molecule has 1 aromatic carbocycles. The second-order valence-electron chi connectivity index (χ2n) is 5.55. The molecule has 110 valence electrons. The van der Waals surface area contributed by atoms with Crippen LogP contribution in [0.15, 0.2) is 30.3 Å². The van der Waals surface area contributed by atoms with Gasteiger partial charge in [0.05, 0.1) is 6.61 Å². The number of ether oxygens (including phenoxy) is 1. The number of carbonyl (C=O) groups is 1. The number of carbonyl (C=O) groups excluding carboxylic acids is 1. The number of benzene rings is 1. The second-order valence-corrected chi connectivity index (χ2v) is 5.55. The number of rotatable bonds is 8. The van der Waals surface area contributed by atoms with Crippen LogP contribution in [0.3, 0.4) is 0 Å². The van der Waals surface area contributed by atoms with Crippen molar-refractivity contribution in [2.24, 2.45) is 11.7 Å². The first-order valence-electron chi connectivity index (χ1n) is 7.29. The van der Waals surface area contributed by atoms with Crippen molar-refractivity contribution >= 4 is 5.91 Å². The molecule has 1 saturated carbocycles. The molecule has 0 aromatic heterocycles. The Morgan fingerprint density at radius 1 is 1.40 bits per heavy atom. The summed E-state index contributed by atoms with van der Waals surface area (Å²) in [4.78, 5) is 13.8. The van der Waals surface area contributed by atoms with Crippen LogP contribution < -0.4 is 5.73 Å². The predicted molar refractivity (Wildman–Crippen MR) is 79.2 cm³/mol. The molecule has 1 amide bonds. The van der Waals surface area contributed by atoms with Crippen LogP contribution >= 0.6 is 0 Å². The molecule has 0 radical (unpaired) electrons. The van der Waals surface area contributed by atoms with Gasteiger partial charge in [0.2, 0.25) is 5.91 Å². The second kappa shape index (κ2) is 7.41. The third kappa shape index (κ3) is 4.94. The Hall–Kier alpha value is -1.39. The van der Waals surface area contributed by atoms with E-state index in [9.17, 15) is 4.79 Å². The molecule has 1 aliphatic carbocycles. The molecule has 0 bridgehead atoms. The van der Waals surface area contributed by atoms with Crippen molar-refractivity contribution in [2.45, 2.75) is 25.3 Å². The van der Waals surface area contributed by atoms with Gasteiger partial charge in [0.1, 0.15) is 0 Å². The SMILES string of the molecule is CN(CCOCC1CC1)C(=O)CC(N)c1ccccc1. The average Bonchev–Trinajstić information content (AvgIpc) is 3.28. The zero-order valence-electron chi connectivity index (χ0n) is 12.1. The van der Waals surface area contributed by atoms with Crippen LogP contribution in [-0.4, -0.2) is 37.6 Å². The quantitative estimate of drug-likeness (QED) is 0.738. The summed E-state index contributed by atoms with van der Waals surface area (Å²) in [6, 6.07) is 9.50. The topological polar surface area (TPSA) is 55.6 Å². The fraction of sp³-hybridized carbons (Fsp3) is 0.562. The van der Waals surface area contributed by atoms with Gasteiger partial charge in [0.25, 0.3) is 0 Å². The van der Waals surface area contributed by atoms with Crippen molar-refractivity contribution in [3.8, 4) is 0 Å². The number of hydrogen-bond acceptors (Lipinski definition) is 3. The largest absolute Gasteiger partial charge is 0.379 e. The van der Waals surface area contributed by atoms with Crippen molar-refractivity contribution in [1.29, 1.82) is 0 Å². The highest BCUT2D eigenvalue weighted by Gasteiger charge is 2.21. The van der Waals surface area contributed by atoms with Crippen molar-refractivity contribution in [3.63, 3.8) is 0 Å². The third-order valence-electron chi connectivity index (χ3n) is 3.67. The van der Waals surface area contributed by atoms with Gasteiger partial charge in [-0.05, 0) is 24.3 Å². The summed E-state index contributed by atoms with van der Waals surface area (Å²) in [5, 5.41) is 0. The van der Waals surface area contributed by atoms with E-state index in [1.807, 2.05) is 30.3 Å². The van der Waals surface area contributed by atoms with E-state index in [2.05, 4.69) is 0 Å². The highest BCUT2D eigenvalue weighted by atomic mass is 16.5. The number of likely N-dealkylation sites (N-methyl/N-ethyl adjacent to an activating group) is 1. The van der Waals surface area contributed by atoms with E-state index < -0.39 is 0 Å². The first-order chi connectivity index (χ1) is 9.66. The molecule has 0 heterocycles. The van der Waals surface area contributed by atoms with Gasteiger partial charge < -0.3 is 15.4 Å². The summed E-state index contributed by atoms with van der Waals surface area (Å²) in [5.74, 6) is 0.832. The van der Waals surface area contributed by atoms with E-state index in [1.54, 1.807) is 11.9 Å². The lowest BCUT2D eigenvalue weighted by molar-refractivity contribution is -0.131. The number of nitrogens with two attached hydrogens (primary N) is 1. The Kier molecular flexibility index (Phi) is 5.56. The Bertz CT molecular complexity index is 418. The Balaban J connectivity index is 1.67. The van der Waals surface area contributed by atoms with Gasteiger partial charge in [0.15, 0.2) is 0 Å². The maximum atomic E-state index is 12.1. The average molecular weight is 276 g/mol. The molecular weight excluding hydrogens is 252 g/mol. The van der Waals surface area contributed by atoms with Crippen LogP contribution in [0.4, 0.5) is 0 Å². The van der Waals surface area contributed by atoms with Gasteiger partial charge in [0, 0.05) is 32.7 Å². The summed E-state index contributed by atoms with van der Waals surface area (Å²) < 4.78 is 5.54. The smallest absolute Gasteiger partial charge is 0.224 e. The molecule has 1 atom stereocenters. The van der Waals surface area contributed by atoms with Gasteiger partial charge >= 0.3 is 0 Å². The number of nitrogens with zero attached hydrogens (tertiary/aromatic N) is 1. The summed E-state index contributed by atoms with van der Waals surface area (Å²) in [6.07, 6.45) is 2.92. The standard InChI is InChI=1S/C16H24N2O2/c1-18(9-10-20-12-13-7-8-13)16(19)11-15(17)14-5-3-2-4-6-14/h2-6,13,15H,7-12,17H2,1H3. The molecule has 2 rings (SSSR count). The molecule has 1 aromatic rings. The summed E-state index contributed by atoms with van der Waals surface area (Å²) in [7, 11) is 1.81. The van der Waals surface area contributed by atoms with Crippen LogP contribution in [0.2, 0.25) is 0 Å². The first-order valence-corrected chi connectivity index (χ1v) is 7.29. The van der Waals surface area contributed by atoms with Crippen LogP contribution in [0.25, 0.3) is 0 Å². The van der Waals surface area contributed by atoms with E-state index in [0.717, 1.165) is 18.1 Å². The third-order valence-corrected chi connectivity index (χ3v) is 3.67. The van der Waals surface area contributed by atoms with E-state index in [-0.39, 0.29) is 11.9 Å². The lowest BCUT2D eigenvalue weighted by Crippen LogP contribution is -2.32. The molecule has 1 fully saturated rings. The minimum Gasteiger partial charge on any atom is -0.379 e. The van der Waals surface area contributed by atoms with Gasteiger partial charge in [-0.25, -0.2) is 0 Å². The molecule has 1 unspecified atom stereocenters. The lowest BCUT2D eigenvalue weighted by Gasteiger charge is -2.19. The number of amides is 1. The van der Waals surface area contributed by atoms with Gasteiger partial charge in [-0.15, -0.1) is 0 Å². The zero-order valence-corrected chi connectivity index (χ0v) is 12.1. The molecule has 1 aliphatic rings. The van der Waals surface area contributed by atoms with Crippen molar-refractivity contribution < 1.29 is 9.53 Å². The van der Waals surface area contributed by atoms with E-state index in [0.29, 0.717) is 19.6 Å². The highest BCUT2D eigenvalue weighted by molar-refractivity contribution is 5.76. The van der Waals surface area contributed by atoms with Crippen LogP contribution in [0.1, 0.15) is 30.9 Å². The number of hydrogen-bond donors (Lipinski definition) is 1. The Morgan fingerprint density at radius 2 is 2.10 bits per heavy atom. The molecule has 0 saturated heterocycles. The fourth-order valence-corrected chi connectivity index (χ4v) is 2.02. The molecule has 4 nitrogen and oxygen atoms in total. The molecule has 20 heavy (non-hydrogen) atoms. The van der Waals surface area contributed by atoms with Crippen molar-refractivity contribution in [1.82, 2.24) is 4.90 Å². The lowest BCUT2D eigenvalue weighted by atomic mass is 10.0. The van der Waals surface area contributed by atoms with Gasteiger partial charge in [-0.2, -0.15) is 0 Å². The molecule has 0 aliphatic heterocycles. The van der Waals surface area contributed by atoms with Gasteiger partial charge in [-0.3, -0.25) is 4.79 Å². The normalized spacial score (nSPS) is 15.9. The summed E-state index contributed by atoms with van der Waals surface area (Å²) in [6.45, 7) is 2.08. The molecule has 2 N–H and O–H groups in total. The Labute approximate surface area is 120 Å². The fourth-order valence-electron chi connectivity index (χ4n) is 2.02. The van der Waals surface area contributed by atoms with Crippen molar-refractivity contribution in [2.75, 3.05) is 26.8 Å². The van der Waals surface area contributed by atoms with E-state index in [4.69, 9.17) is 10.5 Å². The van der Waals surface area contributed by atoms with E-state index in [1.165, 1.54) is 12.8 Å². The highest BCUT2D eigenvalue weighted by Crippen LogP contribution is 2.28. The first kappa shape index (κ1) is 15.0. The van der Waals surface area contributed by atoms with Crippen LogP contribution in [-0.2, 0) is 9.53 Å². The van der Waals surface area contributed by atoms with Crippen LogP contribution in [0.5, 0.6) is 0 Å².